The lowest BCUT2D eigenvalue weighted by Gasteiger charge is -2.21. The zero-order valence-electron chi connectivity index (χ0n) is 9.15. The van der Waals surface area contributed by atoms with Crippen LogP contribution in [0.3, 0.4) is 0 Å². The predicted molar refractivity (Wildman–Crippen MR) is 56.3 cm³/mol. The van der Waals surface area contributed by atoms with Crippen molar-refractivity contribution >= 4 is 12.0 Å². The Kier molecular flexibility index (Phi) is 5.24. The summed E-state index contributed by atoms with van der Waals surface area (Å²) in [5.41, 5.74) is 0. The highest BCUT2D eigenvalue weighted by atomic mass is 16.4. The van der Waals surface area contributed by atoms with Gasteiger partial charge in [-0.3, -0.25) is 4.79 Å². The molecule has 15 heavy (non-hydrogen) atoms. The molecule has 0 saturated carbocycles. The summed E-state index contributed by atoms with van der Waals surface area (Å²) in [4.78, 5) is 23.3. The third kappa shape index (κ3) is 4.36. The normalized spacial score (nSPS) is 13.5. The van der Waals surface area contributed by atoms with Gasteiger partial charge in [-0.25, -0.2) is 4.79 Å². The largest absolute Gasteiger partial charge is 0.481 e. The Morgan fingerprint density at radius 3 is 2.47 bits per heavy atom. The van der Waals surface area contributed by atoms with E-state index in [1.54, 1.807) is 14.0 Å². The van der Waals surface area contributed by atoms with Crippen molar-refractivity contribution in [2.45, 2.75) is 19.9 Å². The van der Waals surface area contributed by atoms with E-state index in [1.807, 2.05) is 0 Å². The van der Waals surface area contributed by atoms with Gasteiger partial charge in [0, 0.05) is 13.1 Å². The number of hydrogen-bond acceptors (Lipinski definition) is 2. The molecule has 2 atom stereocenters. The van der Waals surface area contributed by atoms with Crippen LogP contribution in [0.1, 0.15) is 13.8 Å². The summed E-state index contributed by atoms with van der Waals surface area (Å²) in [5, 5.41) is 11.3. The van der Waals surface area contributed by atoms with E-state index in [4.69, 9.17) is 11.5 Å². The van der Waals surface area contributed by atoms with E-state index in [-0.39, 0.29) is 12.6 Å². The van der Waals surface area contributed by atoms with Gasteiger partial charge in [-0.1, -0.05) is 5.92 Å². The molecule has 2 amide bonds. The smallest absolute Gasteiger partial charge is 0.318 e. The summed E-state index contributed by atoms with van der Waals surface area (Å²) < 4.78 is 0. The number of aliphatic carboxylic acids is 1. The molecule has 0 bridgehead atoms. The number of terminal acetylenes is 1. The van der Waals surface area contributed by atoms with Crippen molar-refractivity contribution in [3.05, 3.63) is 0 Å². The fourth-order valence-electron chi connectivity index (χ4n) is 0.853. The second-order valence-electron chi connectivity index (χ2n) is 3.43. The second-order valence-corrected chi connectivity index (χ2v) is 3.43. The van der Waals surface area contributed by atoms with Crippen molar-refractivity contribution in [2.24, 2.45) is 5.92 Å². The van der Waals surface area contributed by atoms with E-state index in [9.17, 15) is 9.59 Å². The van der Waals surface area contributed by atoms with Gasteiger partial charge < -0.3 is 15.3 Å². The molecule has 0 aromatic carbocycles. The molecule has 0 aromatic rings. The minimum absolute atomic E-state index is 0.194. The molecular weight excluding hydrogens is 196 g/mol. The Morgan fingerprint density at radius 1 is 1.53 bits per heavy atom. The molecule has 0 spiro atoms. The van der Waals surface area contributed by atoms with Gasteiger partial charge in [0.05, 0.1) is 12.5 Å². The molecular formula is C10H16N2O3. The van der Waals surface area contributed by atoms with E-state index in [1.165, 1.54) is 11.8 Å². The summed E-state index contributed by atoms with van der Waals surface area (Å²) in [6.07, 6.45) is 5.04. The molecule has 0 rings (SSSR count). The van der Waals surface area contributed by atoms with Crippen LogP contribution in [0.15, 0.2) is 0 Å². The van der Waals surface area contributed by atoms with Crippen molar-refractivity contribution in [3.63, 3.8) is 0 Å². The number of carboxylic acids is 1. The van der Waals surface area contributed by atoms with Gasteiger partial charge in [0.1, 0.15) is 0 Å². The maximum atomic E-state index is 11.4. The fourth-order valence-corrected chi connectivity index (χ4v) is 0.853. The van der Waals surface area contributed by atoms with E-state index >= 15 is 0 Å². The number of nitrogens with zero attached hydrogens (tertiary/aromatic N) is 1. The molecule has 0 heterocycles. The van der Waals surface area contributed by atoms with E-state index in [0.29, 0.717) is 0 Å². The van der Waals surface area contributed by atoms with Crippen molar-refractivity contribution in [1.29, 1.82) is 0 Å². The second kappa shape index (κ2) is 5.91. The van der Waals surface area contributed by atoms with Crippen molar-refractivity contribution < 1.29 is 14.7 Å². The van der Waals surface area contributed by atoms with Gasteiger partial charge in [0.15, 0.2) is 0 Å². The van der Waals surface area contributed by atoms with Crippen LogP contribution in [-0.4, -0.2) is 41.6 Å². The molecule has 0 aliphatic heterocycles. The van der Waals surface area contributed by atoms with Crippen LogP contribution in [0.2, 0.25) is 0 Å². The monoisotopic (exact) mass is 212 g/mol. The highest BCUT2D eigenvalue weighted by molar-refractivity contribution is 5.76. The molecule has 2 unspecified atom stereocenters. The number of rotatable bonds is 4. The summed E-state index contributed by atoms with van der Waals surface area (Å²) >= 11 is 0. The first kappa shape index (κ1) is 13.3. The number of carbonyl (C=O) groups is 2. The standard InChI is InChI=1S/C10H16N2O3/c1-5-6-12(4)10(15)11-8(3)7(2)9(13)14/h1,7-8H,6H2,2-4H3,(H,11,15)(H,13,14). The van der Waals surface area contributed by atoms with Crippen LogP contribution in [0.4, 0.5) is 4.79 Å². The highest BCUT2D eigenvalue weighted by Crippen LogP contribution is 2.02. The summed E-state index contributed by atoms with van der Waals surface area (Å²) in [7, 11) is 1.55. The predicted octanol–water partition coefficient (Wildman–Crippen LogP) is 0.370. The van der Waals surface area contributed by atoms with Gasteiger partial charge in [-0.2, -0.15) is 0 Å². The third-order valence-electron chi connectivity index (χ3n) is 2.17. The first-order valence-corrected chi connectivity index (χ1v) is 4.58. The first-order valence-electron chi connectivity index (χ1n) is 4.58. The number of carbonyl (C=O) groups excluding carboxylic acids is 1. The first-order chi connectivity index (χ1) is 6.90. The van der Waals surface area contributed by atoms with E-state index < -0.39 is 17.9 Å². The number of amides is 2. The maximum absolute atomic E-state index is 11.4. The van der Waals surface area contributed by atoms with E-state index in [0.717, 1.165) is 0 Å². The number of carboxylic acid groups (broad SMARTS) is 1. The van der Waals surface area contributed by atoms with Crippen LogP contribution < -0.4 is 5.32 Å². The van der Waals surface area contributed by atoms with Gasteiger partial charge in [0.2, 0.25) is 0 Å². The molecule has 2 N–H and O–H groups in total. The molecule has 0 saturated heterocycles. The quantitative estimate of drug-likeness (QED) is 0.661. The van der Waals surface area contributed by atoms with Crippen LogP contribution in [-0.2, 0) is 4.79 Å². The zero-order chi connectivity index (χ0) is 12.0. The van der Waals surface area contributed by atoms with Crippen LogP contribution >= 0.6 is 0 Å². The van der Waals surface area contributed by atoms with Gasteiger partial charge in [-0.15, -0.1) is 6.42 Å². The van der Waals surface area contributed by atoms with Gasteiger partial charge in [0.25, 0.3) is 0 Å². The Balaban J connectivity index is 4.18. The van der Waals surface area contributed by atoms with Gasteiger partial charge >= 0.3 is 12.0 Å². The van der Waals surface area contributed by atoms with Crippen molar-refractivity contribution in [3.8, 4) is 12.3 Å². The Labute approximate surface area is 89.4 Å². The van der Waals surface area contributed by atoms with Crippen LogP contribution in [0, 0.1) is 18.3 Å². The maximum Gasteiger partial charge on any atom is 0.318 e. The lowest BCUT2D eigenvalue weighted by atomic mass is 10.0. The number of nitrogens with one attached hydrogen (secondary N) is 1. The number of hydrogen-bond donors (Lipinski definition) is 2. The van der Waals surface area contributed by atoms with Crippen LogP contribution in [0.25, 0.3) is 0 Å². The average Bonchev–Trinajstić information content (AvgIpc) is 2.16. The molecule has 0 fully saturated rings. The minimum Gasteiger partial charge on any atom is -0.481 e. The minimum atomic E-state index is -0.942. The molecule has 0 aliphatic carbocycles. The fraction of sp³-hybridized carbons (Fsp3) is 0.600. The topological polar surface area (TPSA) is 69.6 Å². The van der Waals surface area contributed by atoms with E-state index in [2.05, 4.69) is 11.2 Å². The Hall–Kier alpha value is -1.70. The summed E-state index contributed by atoms with van der Waals surface area (Å²) in [6, 6.07) is -0.802. The Bertz CT molecular complexity index is 283. The molecule has 0 aromatic heterocycles. The lowest BCUT2D eigenvalue weighted by molar-refractivity contribution is -0.141. The highest BCUT2D eigenvalue weighted by Gasteiger charge is 2.21. The Morgan fingerprint density at radius 2 is 2.07 bits per heavy atom. The zero-order valence-corrected chi connectivity index (χ0v) is 9.15. The SMILES string of the molecule is C#CCN(C)C(=O)NC(C)C(C)C(=O)O. The van der Waals surface area contributed by atoms with Crippen LogP contribution in [0.5, 0.6) is 0 Å². The molecule has 84 valence electrons. The van der Waals surface area contributed by atoms with Crippen molar-refractivity contribution in [2.75, 3.05) is 13.6 Å². The number of urea groups is 1. The molecule has 0 radical (unpaired) electrons. The lowest BCUT2D eigenvalue weighted by Crippen LogP contribution is -2.46. The summed E-state index contributed by atoms with van der Waals surface area (Å²) in [5.74, 6) is 0.749. The molecule has 0 aliphatic rings. The van der Waals surface area contributed by atoms with Gasteiger partial charge in [-0.05, 0) is 13.8 Å². The third-order valence-corrected chi connectivity index (χ3v) is 2.17. The average molecular weight is 212 g/mol. The molecule has 5 nitrogen and oxygen atoms in total. The van der Waals surface area contributed by atoms with Crippen molar-refractivity contribution in [1.82, 2.24) is 10.2 Å². The summed E-state index contributed by atoms with van der Waals surface area (Å²) in [6.45, 7) is 3.37. The molecule has 5 heteroatoms.